The largest absolute Gasteiger partial charge is 0.333 e. The van der Waals surface area contributed by atoms with Crippen LogP contribution in [0, 0.1) is 0 Å². The third-order valence-corrected chi connectivity index (χ3v) is 1.93. The van der Waals surface area contributed by atoms with Gasteiger partial charge in [0.1, 0.15) is 12.7 Å². The molecule has 2 heterocycles. The van der Waals surface area contributed by atoms with Crippen LogP contribution in [-0.4, -0.2) is 24.3 Å². The van der Waals surface area contributed by atoms with E-state index < -0.39 is 0 Å². The van der Waals surface area contributed by atoms with E-state index in [1.807, 2.05) is 12.5 Å². The van der Waals surface area contributed by atoms with Crippen molar-refractivity contribution in [3.05, 3.63) is 30.9 Å². The molecule has 2 aromatic heterocycles. The van der Waals surface area contributed by atoms with Crippen molar-refractivity contribution in [2.24, 2.45) is 0 Å². The lowest BCUT2D eigenvalue weighted by Crippen LogP contribution is -2.06. The van der Waals surface area contributed by atoms with Crippen LogP contribution in [-0.2, 0) is 13.1 Å². The van der Waals surface area contributed by atoms with Gasteiger partial charge in [-0.25, -0.2) is 14.6 Å². The van der Waals surface area contributed by atoms with Gasteiger partial charge in [-0.15, -0.1) is 0 Å². The lowest BCUT2D eigenvalue weighted by molar-refractivity contribution is 0.621. The predicted molar refractivity (Wildman–Crippen MR) is 47.0 cm³/mol. The fraction of sp³-hybridized carbons (Fsp3) is 0.375. The molecule has 0 radical (unpaired) electrons. The van der Waals surface area contributed by atoms with Crippen LogP contribution in [0.1, 0.15) is 12.6 Å². The van der Waals surface area contributed by atoms with E-state index in [0.717, 1.165) is 18.8 Å². The molecular weight excluding hydrogens is 166 g/mol. The maximum Gasteiger partial charge on any atom is 0.137 e. The summed E-state index contributed by atoms with van der Waals surface area (Å²) in [5.41, 5.74) is 1.15. The van der Waals surface area contributed by atoms with E-state index in [4.69, 9.17) is 0 Å². The number of imidazole rings is 1. The molecule has 0 aromatic carbocycles. The Morgan fingerprint density at radius 1 is 1.31 bits per heavy atom. The van der Waals surface area contributed by atoms with Crippen molar-refractivity contribution in [3.8, 4) is 0 Å². The van der Waals surface area contributed by atoms with E-state index in [1.165, 1.54) is 6.33 Å². The van der Waals surface area contributed by atoms with Crippen LogP contribution in [0.5, 0.6) is 0 Å². The number of aryl methyl sites for hydroxylation is 1. The zero-order valence-electron chi connectivity index (χ0n) is 7.46. The zero-order valence-corrected chi connectivity index (χ0v) is 7.46. The molecule has 0 aliphatic carbocycles. The predicted octanol–water partition coefficient (Wildman–Crippen LogP) is 0.543. The standard InChI is InChI=1S/C8H11N5/c1-2-12-6-9-3-8(12)4-13-7-10-5-11-13/h3,5-7H,2,4H2,1H3. The highest BCUT2D eigenvalue weighted by Gasteiger charge is 2.00. The molecule has 0 aliphatic heterocycles. The quantitative estimate of drug-likeness (QED) is 0.687. The molecule has 68 valence electrons. The third-order valence-electron chi connectivity index (χ3n) is 1.93. The normalized spacial score (nSPS) is 10.5. The monoisotopic (exact) mass is 177 g/mol. The molecule has 0 spiro atoms. The van der Waals surface area contributed by atoms with Gasteiger partial charge in [0.05, 0.1) is 24.8 Å². The molecule has 2 rings (SSSR count). The van der Waals surface area contributed by atoms with Crippen molar-refractivity contribution >= 4 is 0 Å². The maximum atomic E-state index is 4.07. The Kier molecular flexibility index (Phi) is 2.08. The molecule has 0 N–H and O–H groups in total. The van der Waals surface area contributed by atoms with Gasteiger partial charge in [-0.2, -0.15) is 5.10 Å². The molecule has 0 saturated heterocycles. The molecule has 0 amide bonds. The molecule has 13 heavy (non-hydrogen) atoms. The number of hydrogen-bond donors (Lipinski definition) is 0. The van der Waals surface area contributed by atoms with Crippen molar-refractivity contribution in [2.75, 3.05) is 0 Å². The fourth-order valence-electron chi connectivity index (χ4n) is 1.24. The fourth-order valence-corrected chi connectivity index (χ4v) is 1.24. The first-order valence-corrected chi connectivity index (χ1v) is 4.21. The van der Waals surface area contributed by atoms with Crippen molar-refractivity contribution in [2.45, 2.75) is 20.0 Å². The Bertz CT molecular complexity index is 362. The van der Waals surface area contributed by atoms with Crippen molar-refractivity contribution < 1.29 is 0 Å². The summed E-state index contributed by atoms with van der Waals surface area (Å²) in [6.07, 6.45) is 6.91. The first kappa shape index (κ1) is 7.97. The first-order chi connectivity index (χ1) is 6.40. The second kappa shape index (κ2) is 3.38. The molecule has 5 heteroatoms. The minimum absolute atomic E-state index is 0.730. The van der Waals surface area contributed by atoms with Gasteiger partial charge in [-0.05, 0) is 6.92 Å². The molecule has 0 bridgehead atoms. The summed E-state index contributed by atoms with van der Waals surface area (Å²) in [5, 5.41) is 4.03. The van der Waals surface area contributed by atoms with Gasteiger partial charge >= 0.3 is 0 Å². The highest BCUT2D eigenvalue weighted by Crippen LogP contribution is 2.00. The number of aromatic nitrogens is 5. The summed E-state index contributed by atoms with van der Waals surface area (Å²) in [5.74, 6) is 0. The Morgan fingerprint density at radius 3 is 2.92 bits per heavy atom. The van der Waals surface area contributed by atoms with E-state index in [0.29, 0.717) is 0 Å². The molecule has 0 atom stereocenters. The molecular formula is C8H11N5. The van der Waals surface area contributed by atoms with Crippen LogP contribution in [0.25, 0.3) is 0 Å². The van der Waals surface area contributed by atoms with E-state index in [-0.39, 0.29) is 0 Å². The molecule has 2 aromatic rings. The van der Waals surface area contributed by atoms with Crippen molar-refractivity contribution in [3.63, 3.8) is 0 Å². The third kappa shape index (κ3) is 1.58. The zero-order chi connectivity index (χ0) is 9.10. The number of nitrogens with zero attached hydrogens (tertiary/aromatic N) is 5. The van der Waals surface area contributed by atoms with Crippen LogP contribution in [0.4, 0.5) is 0 Å². The smallest absolute Gasteiger partial charge is 0.137 e. The van der Waals surface area contributed by atoms with Crippen LogP contribution in [0.2, 0.25) is 0 Å². The average molecular weight is 177 g/mol. The first-order valence-electron chi connectivity index (χ1n) is 4.21. The SMILES string of the molecule is CCn1cncc1Cn1cncn1. The van der Waals surface area contributed by atoms with E-state index in [9.17, 15) is 0 Å². The minimum Gasteiger partial charge on any atom is -0.333 e. The summed E-state index contributed by atoms with van der Waals surface area (Å²) < 4.78 is 3.87. The second-order valence-electron chi connectivity index (χ2n) is 2.76. The summed E-state index contributed by atoms with van der Waals surface area (Å²) >= 11 is 0. The highest BCUT2D eigenvalue weighted by atomic mass is 15.3. The van der Waals surface area contributed by atoms with Gasteiger partial charge in [0.25, 0.3) is 0 Å². The number of hydrogen-bond acceptors (Lipinski definition) is 3. The van der Waals surface area contributed by atoms with E-state index in [1.54, 1.807) is 11.0 Å². The van der Waals surface area contributed by atoms with Crippen LogP contribution in [0.3, 0.4) is 0 Å². The molecule has 0 unspecified atom stereocenters. The van der Waals surface area contributed by atoms with E-state index >= 15 is 0 Å². The molecule has 5 nitrogen and oxygen atoms in total. The Labute approximate surface area is 76.0 Å². The van der Waals surface area contributed by atoms with Crippen LogP contribution >= 0.6 is 0 Å². The topological polar surface area (TPSA) is 48.5 Å². The lowest BCUT2D eigenvalue weighted by atomic mass is 10.4. The van der Waals surface area contributed by atoms with Gasteiger partial charge in [0.2, 0.25) is 0 Å². The van der Waals surface area contributed by atoms with E-state index in [2.05, 4.69) is 26.6 Å². The summed E-state index contributed by atoms with van der Waals surface area (Å²) in [4.78, 5) is 7.96. The highest BCUT2D eigenvalue weighted by molar-refractivity contribution is 4.98. The maximum absolute atomic E-state index is 4.07. The van der Waals surface area contributed by atoms with Gasteiger partial charge in [-0.3, -0.25) is 0 Å². The number of rotatable bonds is 3. The van der Waals surface area contributed by atoms with Gasteiger partial charge in [0, 0.05) is 6.54 Å². The summed E-state index contributed by atoms with van der Waals surface area (Å²) in [6, 6.07) is 0. The van der Waals surface area contributed by atoms with Gasteiger partial charge in [-0.1, -0.05) is 0 Å². The molecule has 0 saturated carbocycles. The van der Waals surface area contributed by atoms with Crippen LogP contribution < -0.4 is 0 Å². The van der Waals surface area contributed by atoms with Crippen molar-refractivity contribution in [1.82, 2.24) is 24.3 Å². The average Bonchev–Trinajstić information content (AvgIpc) is 2.76. The summed E-state index contributed by atoms with van der Waals surface area (Å²) in [6.45, 7) is 3.75. The van der Waals surface area contributed by atoms with Gasteiger partial charge in [0.15, 0.2) is 0 Å². The van der Waals surface area contributed by atoms with Crippen LogP contribution in [0.15, 0.2) is 25.2 Å². The minimum atomic E-state index is 0.730. The summed E-state index contributed by atoms with van der Waals surface area (Å²) in [7, 11) is 0. The van der Waals surface area contributed by atoms with Crippen molar-refractivity contribution in [1.29, 1.82) is 0 Å². The lowest BCUT2D eigenvalue weighted by Gasteiger charge is -2.03. The second-order valence-corrected chi connectivity index (χ2v) is 2.76. The molecule has 0 fully saturated rings. The Balaban J connectivity index is 2.18. The Hall–Kier alpha value is -1.65. The molecule has 0 aliphatic rings. The Morgan fingerprint density at radius 2 is 2.23 bits per heavy atom. The van der Waals surface area contributed by atoms with Gasteiger partial charge < -0.3 is 4.57 Å².